The van der Waals surface area contributed by atoms with Gasteiger partial charge in [-0.15, -0.1) is 0 Å². The van der Waals surface area contributed by atoms with Gasteiger partial charge in [0.05, 0.1) is 0 Å². The van der Waals surface area contributed by atoms with Crippen molar-refractivity contribution in [3.8, 4) is 0 Å². The number of morpholine rings is 1. The van der Waals surface area contributed by atoms with E-state index in [1.54, 1.807) is 0 Å². The molecule has 0 bridgehead atoms. The second kappa shape index (κ2) is 17.4. The Kier molecular flexibility index (Phi) is 16.3. The van der Waals surface area contributed by atoms with Crippen LogP contribution in [-0.2, 0) is 4.74 Å². The largest absolute Gasteiger partial charge is 0.378 e. The van der Waals surface area contributed by atoms with Gasteiger partial charge >= 0.3 is 0 Å². The van der Waals surface area contributed by atoms with Gasteiger partial charge in [-0.2, -0.15) is 0 Å². The van der Waals surface area contributed by atoms with E-state index in [0.29, 0.717) is 12.8 Å². The Morgan fingerprint density at radius 3 is 1.64 bits per heavy atom. The molecular weight excluding hydrogens is 408 g/mol. The van der Waals surface area contributed by atoms with Crippen LogP contribution in [0.2, 0.25) is 0 Å². The van der Waals surface area contributed by atoms with Crippen LogP contribution in [0.25, 0.3) is 0 Å². The molecule has 0 aromatic carbocycles. The Labute approximate surface area is 208 Å². The first-order chi connectivity index (χ1) is 15.8. The fraction of sp³-hybridized carbons (Fsp3) is 1.00. The minimum atomic E-state index is -1.18. The number of nitrogens with zero attached hydrogens (tertiary/aromatic N) is 1. The molecule has 33 heavy (non-hydrogen) atoms. The van der Waals surface area contributed by atoms with Gasteiger partial charge in [-0.1, -0.05) is 118 Å². The van der Waals surface area contributed by atoms with E-state index in [9.17, 15) is 0 Å². The number of hydrogen-bond acceptors (Lipinski definition) is 2. The van der Waals surface area contributed by atoms with Gasteiger partial charge in [0, 0.05) is 24.6 Å². The number of rotatable bonds is 20. The fourth-order valence-corrected chi connectivity index (χ4v) is 5.75. The molecule has 0 spiro atoms. The lowest BCUT2D eigenvalue weighted by Gasteiger charge is -2.51. The molecule has 0 amide bonds. The Bertz CT molecular complexity index is 465. The molecule has 3 atom stereocenters. The summed E-state index contributed by atoms with van der Waals surface area (Å²) in [7, 11) is 2.17. The minimum absolute atomic E-state index is 0.113. The lowest BCUT2D eigenvalue weighted by atomic mass is 9.80. The molecule has 1 fully saturated rings. The van der Waals surface area contributed by atoms with E-state index in [2.05, 4.69) is 47.4 Å². The Morgan fingerprint density at radius 2 is 1.15 bits per heavy atom. The average Bonchev–Trinajstić information content (AvgIpc) is 2.81. The normalized spacial score (nSPS) is 21.9. The first-order valence-electron chi connectivity index (χ1n) is 14.9. The van der Waals surface area contributed by atoms with Crippen LogP contribution in [0.1, 0.15) is 150 Å². The van der Waals surface area contributed by atoms with Crippen LogP contribution in [0.4, 0.5) is 4.39 Å². The van der Waals surface area contributed by atoms with Crippen molar-refractivity contribution >= 4 is 7.85 Å². The molecule has 1 aliphatic rings. The summed E-state index contributed by atoms with van der Waals surface area (Å²) >= 11 is 0. The van der Waals surface area contributed by atoms with Crippen molar-refractivity contribution in [1.82, 2.24) is 4.90 Å². The summed E-state index contributed by atoms with van der Waals surface area (Å²) < 4.78 is 23.0. The summed E-state index contributed by atoms with van der Waals surface area (Å²) in [4.78, 5) is 2.66. The van der Waals surface area contributed by atoms with Crippen LogP contribution in [0.15, 0.2) is 0 Å². The zero-order valence-electron chi connectivity index (χ0n) is 23.5. The molecule has 0 aromatic rings. The first kappa shape index (κ1) is 30.9. The van der Waals surface area contributed by atoms with Crippen LogP contribution < -0.4 is 0 Å². The number of ether oxygens (including phenoxy) is 1. The minimum Gasteiger partial charge on any atom is -0.378 e. The lowest BCUT2D eigenvalue weighted by Crippen LogP contribution is -2.61. The van der Waals surface area contributed by atoms with E-state index >= 15 is 4.39 Å². The van der Waals surface area contributed by atoms with Gasteiger partial charge in [-0.25, -0.2) is 4.39 Å². The predicted molar refractivity (Wildman–Crippen MR) is 147 cm³/mol. The van der Waals surface area contributed by atoms with Gasteiger partial charge in [0.25, 0.3) is 0 Å². The molecule has 0 N–H and O–H groups in total. The zero-order chi connectivity index (χ0) is 24.6. The highest BCUT2D eigenvalue weighted by atomic mass is 19.1. The molecule has 3 unspecified atom stereocenters. The van der Waals surface area contributed by atoms with Gasteiger partial charge in [0.15, 0.2) is 0 Å². The van der Waals surface area contributed by atoms with Crippen LogP contribution >= 0.6 is 0 Å². The quantitative estimate of drug-likeness (QED) is 0.132. The summed E-state index contributed by atoms with van der Waals surface area (Å²) in [5, 5.41) is 0. The summed E-state index contributed by atoms with van der Waals surface area (Å²) in [5.74, 6) is 0. The molecule has 1 saturated heterocycles. The average molecular weight is 468 g/mol. The third-order valence-electron chi connectivity index (χ3n) is 8.13. The van der Waals surface area contributed by atoms with Crippen molar-refractivity contribution < 1.29 is 9.13 Å². The van der Waals surface area contributed by atoms with Crippen molar-refractivity contribution in [2.24, 2.45) is 0 Å². The molecule has 196 valence electrons. The maximum Gasteiger partial charge on any atom is 0.140 e. The molecule has 0 aromatic heterocycles. The third kappa shape index (κ3) is 11.5. The smallest absolute Gasteiger partial charge is 0.140 e. The summed E-state index contributed by atoms with van der Waals surface area (Å²) in [5.41, 5.74) is -1.01. The zero-order valence-corrected chi connectivity index (χ0v) is 23.5. The van der Waals surface area contributed by atoms with E-state index in [4.69, 9.17) is 4.74 Å². The van der Waals surface area contributed by atoms with Crippen LogP contribution in [0, 0.1) is 0 Å². The standard InChI is InChI=1S/C29H59BFNO/c1-6-10-14-17-20-28(5,21-18-15-11-7-2)32-24-26(33-27(30)25-32)29(31,22-13-9-4)23-19-16-12-8-3/h26-27H,6-25,30H2,1-5H3. The van der Waals surface area contributed by atoms with Gasteiger partial charge in [-0.3, -0.25) is 4.90 Å². The SMILES string of the molecule is BC1CN(C(C)(CCCCCC)CCCCCC)CC(C(F)(CCCC)CCCCCC)O1. The summed E-state index contributed by atoms with van der Waals surface area (Å²) in [6, 6.07) is 0.113. The summed E-state index contributed by atoms with van der Waals surface area (Å²) in [6.07, 6.45) is 20.6. The van der Waals surface area contributed by atoms with E-state index < -0.39 is 5.67 Å². The van der Waals surface area contributed by atoms with Gasteiger partial charge in [0.1, 0.15) is 19.6 Å². The predicted octanol–water partition coefficient (Wildman–Crippen LogP) is 8.21. The van der Waals surface area contributed by atoms with Crippen LogP contribution in [0.5, 0.6) is 0 Å². The van der Waals surface area contributed by atoms with E-state index in [0.717, 1.165) is 38.8 Å². The van der Waals surface area contributed by atoms with Crippen molar-refractivity contribution in [3.63, 3.8) is 0 Å². The molecule has 1 rings (SSSR count). The Morgan fingerprint density at radius 1 is 0.697 bits per heavy atom. The number of unbranched alkanes of at least 4 members (excludes halogenated alkanes) is 10. The second-order valence-electron chi connectivity index (χ2n) is 11.4. The molecular formula is C29H59BFNO. The highest BCUT2D eigenvalue weighted by Crippen LogP contribution is 2.38. The van der Waals surface area contributed by atoms with Crippen LogP contribution in [-0.4, -0.2) is 49.2 Å². The Hall–Kier alpha value is -0.0851. The van der Waals surface area contributed by atoms with Gasteiger partial charge < -0.3 is 4.74 Å². The molecule has 1 heterocycles. The van der Waals surface area contributed by atoms with Crippen molar-refractivity contribution in [2.45, 2.75) is 174 Å². The second-order valence-corrected chi connectivity index (χ2v) is 11.4. The topological polar surface area (TPSA) is 12.5 Å². The van der Waals surface area contributed by atoms with E-state index in [-0.39, 0.29) is 17.6 Å². The molecule has 4 heteroatoms. The van der Waals surface area contributed by atoms with E-state index in [1.165, 1.54) is 77.0 Å². The first-order valence-corrected chi connectivity index (χ1v) is 14.9. The third-order valence-corrected chi connectivity index (χ3v) is 8.13. The monoisotopic (exact) mass is 467 g/mol. The number of alkyl halides is 1. The molecule has 0 radical (unpaired) electrons. The highest BCUT2D eigenvalue weighted by molar-refractivity contribution is 6.11. The maximum absolute atomic E-state index is 16.6. The van der Waals surface area contributed by atoms with Crippen LogP contribution in [0.3, 0.4) is 0 Å². The molecule has 0 aliphatic carbocycles. The molecule has 0 saturated carbocycles. The Balaban J connectivity index is 2.95. The summed E-state index contributed by atoms with van der Waals surface area (Å²) in [6.45, 7) is 13.2. The molecule has 2 nitrogen and oxygen atoms in total. The maximum atomic E-state index is 16.6. The van der Waals surface area contributed by atoms with Crippen molar-refractivity contribution in [2.75, 3.05) is 13.1 Å². The van der Waals surface area contributed by atoms with Gasteiger partial charge in [0.2, 0.25) is 0 Å². The lowest BCUT2D eigenvalue weighted by molar-refractivity contribution is -0.149. The van der Waals surface area contributed by atoms with E-state index in [1.807, 2.05) is 0 Å². The molecule has 1 aliphatic heterocycles. The fourth-order valence-electron chi connectivity index (χ4n) is 5.75. The number of halogens is 1. The highest BCUT2D eigenvalue weighted by Gasteiger charge is 2.46. The van der Waals surface area contributed by atoms with Gasteiger partial charge in [-0.05, 0) is 32.6 Å². The number of hydrogen-bond donors (Lipinski definition) is 0. The van der Waals surface area contributed by atoms with Crippen molar-refractivity contribution in [3.05, 3.63) is 0 Å². The van der Waals surface area contributed by atoms with Crippen molar-refractivity contribution in [1.29, 1.82) is 0 Å².